The van der Waals surface area contributed by atoms with Crippen LogP contribution in [-0.2, 0) is 16.2 Å². The Kier molecular flexibility index (Phi) is 8.29. The maximum absolute atomic E-state index is 13.8. The molecule has 4 rings (SSSR count). The van der Waals surface area contributed by atoms with Crippen LogP contribution in [-0.4, -0.2) is 36.4 Å². The molecule has 1 aliphatic rings. The van der Waals surface area contributed by atoms with Gasteiger partial charge in [0.15, 0.2) is 11.5 Å². The minimum Gasteiger partial charge on any atom is -0.493 e. The summed E-state index contributed by atoms with van der Waals surface area (Å²) in [6.45, 7) is -0.322. The maximum Gasteiger partial charge on any atom is 0.329 e. The zero-order chi connectivity index (χ0) is 26.5. The molecular weight excluding hydrogens is 616 g/mol. The molecule has 0 aliphatic carbocycles. The molecule has 0 saturated carbocycles. The van der Waals surface area contributed by atoms with E-state index in [4.69, 9.17) is 21.1 Å². The number of hydrogen-bond acceptors (Lipinski definition) is 5. The second kappa shape index (κ2) is 11.6. The number of hydrogen-bond donors (Lipinski definition) is 2. The van der Waals surface area contributed by atoms with Crippen LogP contribution in [0.4, 0.5) is 14.9 Å². The second-order valence-electron chi connectivity index (χ2n) is 7.86. The maximum atomic E-state index is 13.8. The molecule has 3 aromatic rings. The van der Waals surface area contributed by atoms with E-state index in [2.05, 4.69) is 33.2 Å². The number of rotatable bonds is 8. The highest BCUT2D eigenvalue weighted by atomic mass is 127. The Morgan fingerprint density at radius 2 is 1.89 bits per heavy atom. The van der Waals surface area contributed by atoms with E-state index in [1.807, 2.05) is 24.3 Å². The van der Waals surface area contributed by atoms with Gasteiger partial charge in [0.05, 0.1) is 17.8 Å². The first-order valence-corrected chi connectivity index (χ1v) is 12.3. The summed E-state index contributed by atoms with van der Waals surface area (Å²) in [6, 6.07) is 15.8. The lowest BCUT2D eigenvalue weighted by Gasteiger charge is -2.14. The molecule has 1 heterocycles. The van der Waals surface area contributed by atoms with Crippen molar-refractivity contribution in [1.82, 2.24) is 10.2 Å². The molecule has 11 heteroatoms. The topological polar surface area (TPSA) is 97.0 Å². The molecule has 0 radical (unpaired) electrons. The van der Waals surface area contributed by atoms with Crippen LogP contribution < -0.4 is 20.1 Å². The van der Waals surface area contributed by atoms with Crippen molar-refractivity contribution in [2.75, 3.05) is 19.0 Å². The third kappa shape index (κ3) is 6.38. The molecule has 0 bridgehead atoms. The van der Waals surface area contributed by atoms with Crippen molar-refractivity contribution < 1.29 is 28.2 Å². The molecule has 0 spiro atoms. The molecule has 37 heavy (non-hydrogen) atoms. The number of imide groups is 1. The fourth-order valence-corrected chi connectivity index (χ4v) is 4.11. The van der Waals surface area contributed by atoms with Crippen LogP contribution in [0.2, 0.25) is 5.02 Å². The molecule has 190 valence electrons. The predicted molar refractivity (Wildman–Crippen MR) is 145 cm³/mol. The Balaban J connectivity index is 1.47. The summed E-state index contributed by atoms with van der Waals surface area (Å²) >= 11 is 8.66. The minimum absolute atomic E-state index is 0.0543. The number of ether oxygens (including phenoxy) is 2. The molecule has 4 amide bonds. The molecule has 3 aromatic carbocycles. The molecule has 0 atom stereocenters. The van der Waals surface area contributed by atoms with E-state index in [9.17, 15) is 18.8 Å². The zero-order valence-electron chi connectivity index (χ0n) is 19.4. The molecule has 0 aromatic heterocycles. The van der Waals surface area contributed by atoms with Gasteiger partial charge in [-0.3, -0.25) is 9.59 Å². The van der Waals surface area contributed by atoms with Crippen molar-refractivity contribution in [3.8, 4) is 11.5 Å². The molecule has 1 saturated heterocycles. The third-order valence-electron chi connectivity index (χ3n) is 5.27. The lowest BCUT2D eigenvalue weighted by Crippen LogP contribution is -2.38. The number of para-hydroxylation sites is 1. The molecular formula is C26H20ClFIN3O5. The summed E-state index contributed by atoms with van der Waals surface area (Å²) in [5, 5.41) is 5.02. The van der Waals surface area contributed by atoms with E-state index in [0.717, 1.165) is 14.0 Å². The van der Waals surface area contributed by atoms with E-state index in [1.165, 1.54) is 31.4 Å². The highest BCUT2D eigenvalue weighted by molar-refractivity contribution is 14.1. The van der Waals surface area contributed by atoms with Gasteiger partial charge in [0.2, 0.25) is 5.91 Å². The van der Waals surface area contributed by atoms with E-state index >= 15 is 0 Å². The number of amides is 4. The smallest absolute Gasteiger partial charge is 0.329 e. The minimum atomic E-state index is -0.782. The summed E-state index contributed by atoms with van der Waals surface area (Å²) in [4.78, 5) is 38.2. The summed E-state index contributed by atoms with van der Waals surface area (Å²) in [5.41, 5.74) is 1.30. The van der Waals surface area contributed by atoms with Crippen molar-refractivity contribution >= 4 is 63.8 Å². The SMILES string of the molecule is COc1cc(/C=C2/NC(=O)N(CC(=O)Nc3ccccc3F)C2=O)cc(Cl)c1OCc1ccc(I)cc1. The first-order valence-electron chi connectivity index (χ1n) is 10.9. The van der Waals surface area contributed by atoms with E-state index in [1.54, 1.807) is 18.2 Å². The van der Waals surface area contributed by atoms with Crippen molar-refractivity contribution in [2.24, 2.45) is 0 Å². The molecule has 1 aliphatic heterocycles. The first kappa shape index (κ1) is 26.4. The zero-order valence-corrected chi connectivity index (χ0v) is 22.3. The monoisotopic (exact) mass is 635 g/mol. The fraction of sp³-hybridized carbons (Fsp3) is 0.115. The molecule has 2 N–H and O–H groups in total. The Hall–Kier alpha value is -3.64. The van der Waals surface area contributed by atoms with Crippen LogP contribution in [0.3, 0.4) is 0 Å². The van der Waals surface area contributed by atoms with Crippen LogP contribution >= 0.6 is 34.2 Å². The van der Waals surface area contributed by atoms with Gasteiger partial charge in [-0.15, -0.1) is 0 Å². The highest BCUT2D eigenvalue weighted by Gasteiger charge is 2.35. The summed E-state index contributed by atoms with van der Waals surface area (Å²) < 4.78 is 26.2. The van der Waals surface area contributed by atoms with Crippen LogP contribution in [0.1, 0.15) is 11.1 Å². The normalized spacial score (nSPS) is 14.1. The average Bonchev–Trinajstić information content (AvgIpc) is 3.12. The Labute approximate surface area is 230 Å². The van der Waals surface area contributed by atoms with Crippen LogP contribution in [0.15, 0.2) is 66.4 Å². The van der Waals surface area contributed by atoms with E-state index in [0.29, 0.717) is 17.1 Å². The Morgan fingerprint density at radius 3 is 2.59 bits per heavy atom. The van der Waals surface area contributed by atoms with Gasteiger partial charge >= 0.3 is 6.03 Å². The number of carbonyl (C=O) groups is 3. The van der Waals surface area contributed by atoms with Gasteiger partial charge in [0.25, 0.3) is 5.91 Å². The standard InChI is InChI=1S/C26H20ClFIN3O5/c1-36-22-12-16(10-18(27)24(22)37-14-15-6-8-17(29)9-7-15)11-21-25(34)32(26(35)31-21)13-23(33)30-20-5-3-2-4-19(20)28/h2-12H,13-14H2,1H3,(H,30,33)(H,31,35)/b21-11+. The van der Waals surface area contributed by atoms with Gasteiger partial charge < -0.3 is 20.1 Å². The van der Waals surface area contributed by atoms with Gasteiger partial charge in [-0.1, -0.05) is 35.9 Å². The van der Waals surface area contributed by atoms with Gasteiger partial charge in [-0.25, -0.2) is 14.1 Å². The largest absolute Gasteiger partial charge is 0.493 e. The Morgan fingerprint density at radius 1 is 1.16 bits per heavy atom. The van der Waals surface area contributed by atoms with Gasteiger partial charge in [-0.2, -0.15) is 0 Å². The fourth-order valence-electron chi connectivity index (χ4n) is 3.48. The van der Waals surface area contributed by atoms with Crippen LogP contribution in [0.25, 0.3) is 6.08 Å². The van der Waals surface area contributed by atoms with Crippen LogP contribution in [0, 0.1) is 9.39 Å². The quantitative estimate of drug-likeness (QED) is 0.202. The highest BCUT2D eigenvalue weighted by Crippen LogP contribution is 2.37. The summed E-state index contributed by atoms with van der Waals surface area (Å²) in [7, 11) is 1.46. The second-order valence-corrected chi connectivity index (χ2v) is 9.51. The number of methoxy groups -OCH3 is 1. The number of halogens is 3. The van der Waals surface area contributed by atoms with Crippen molar-refractivity contribution in [2.45, 2.75) is 6.61 Å². The van der Waals surface area contributed by atoms with Gasteiger partial charge in [0, 0.05) is 3.57 Å². The van der Waals surface area contributed by atoms with E-state index in [-0.39, 0.29) is 23.0 Å². The number of nitrogens with zero attached hydrogens (tertiary/aromatic N) is 1. The number of carbonyl (C=O) groups excluding carboxylic acids is 3. The predicted octanol–water partition coefficient (Wildman–Crippen LogP) is 5.20. The van der Waals surface area contributed by atoms with Crippen molar-refractivity contribution in [3.05, 3.63) is 91.9 Å². The number of urea groups is 1. The summed E-state index contributed by atoms with van der Waals surface area (Å²) in [6.07, 6.45) is 1.41. The van der Waals surface area contributed by atoms with Gasteiger partial charge in [-0.05, 0) is 76.2 Å². The summed E-state index contributed by atoms with van der Waals surface area (Å²) in [5.74, 6) is -1.41. The lowest BCUT2D eigenvalue weighted by molar-refractivity contribution is -0.127. The molecule has 8 nitrogen and oxygen atoms in total. The van der Waals surface area contributed by atoms with Crippen molar-refractivity contribution in [1.29, 1.82) is 0 Å². The number of anilines is 1. The first-order chi connectivity index (χ1) is 17.7. The van der Waals surface area contributed by atoms with Crippen molar-refractivity contribution in [3.63, 3.8) is 0 Å². The van der Waals surface area contributed by atoms with Crippen LogP contribution in [0.5, 0.6) is 11.5 Å². The van der Waals surface area contributed by atoms with Gasteiger partial charge in [0.1, 0.15) is 24.7 Å². The average molecular weight is 636 g/mol. The third-order valence-corrected chi connectivity index (χ3v) is 6.27. The van der Waals surface area contributed by atoms with E-state index < -0.39 is 30.2 Å². The number of benzene rings is 3. The lowest BCUT2D eigenvalue weighted by atomic mass is 10.1. The molecule has 0 unspecified atom stereocenters. The Bertz CT molecular complexity index is 1400. The number of nitrogens with one attached hydrogen (secondary N) is 2. The molecule has 1 fully saturated rings.